The maximum Gasteiger partial charge on any atom is 0.254 e. The number of nitrogens with zero attached hydrogens (tertiary/aromatic N) is 1. The number of hydrogen-bond donors (Lipinski definition) is 2. The van der Waals surface area contributed by atoms with Gasteiger partial charge in [0.05, 0.1) is 6.42 Å². The molecule has 0 bridgehead atoms. The molecule has 2 N–H and O–H groups in total. The average molecular weight is 237 g/mol. The van der Waals surface area contributed by atoms with E-state index in [9.17, 15) is 9.59 Å². The Morgan fingerprint density at radius 1 is 1.41 bits per heavy atom. The van der Waals surface area contributed by atoms with Crippen LogP contribution >= 0.6 is 0 Å². The fourth-order valence-electron chi connectivity index (χ4n) is 1.59. The molecule has 94 valence electrons. The number of hydrogen-bond acceptors (Lipinski definition) is 3. The van der Waals surface area contributed by atoms with Crippen molar-refractivity contribution in [2.45, 2.75) is 40.0 Å². The topological polar surface area (TPSA) is 74.8 Å². The number of carbonyl (C=O) groups excluding carboxylic acids is 1. The minimum absolute atomic E-state index is 0.0954. The Balaban J connectivity index is 2.69. The van der Waals surface area contributed by atoms with Crippen LogP contribution < -0.4 is 10.9 Å². The number of aryl methyl sites for hydroxylation is 2. The molecule has 1 aromatic rings. The lowest BCUT2D eigenvalue weighted by Crippen LogP contribution is -2.29. The highest BCUT2D eigenvalue weighted by molar-refractivity contribution is 5.78. The molecule has 1 rings (SSSR count). The van der Waals surface area contributed by atoms with Gasteiger partial charge in [-0.15, -0.1) is 0 Å². The minimum atomic E-state index is -0.222. The highest BCUT2D eigenvalue weighted by Crippen LogP contribution is 1.99. The number of aromatic amines is 1. The number of aromatic nitrogens is 2. The van der Waals surface area contributed by atoms with Gasteiger partial charge in [0.2, 0.25) is 5.91 Å². The van der Waals surface area contributed by atoms with Crippen LogP contribution in [-0.4, -0.2) is 22.4 Å². The second-order valence-electron chi connectivity index (χ2n) is 4.10. The van der Waals surface area contributed by atoms with E-state index in [4.69, 9.17) is 0 Å². The van der Waals surface area contributed by atoms with Gasteiger partial charge >= 0.3 is 0 Å². The molecular weight excluding hydrogens is 218 g/mol. The van der Waals surface area contributed by atoms with Crippen molar-refractivity contribution in [3.63, 3.8) is 0 Å². The Morgan fingerprint density at radius 2 is 2.12 bits per heavy atom. The monoisotopic (exact) mass is 237 g/mol. The quantitative estimate of drug-likeness (QED) is 0.745. The molecule has 0 saturated heterocycles. The molecule has 0 aliphatic carbocycles. The first-order valence-corrected chi connectivity index (χ1v) is 5.87. The van der Waals surface area contributed by atoms with Crippen molar-refractivity contribution < 1.29 is 4.79 Å². The minimum Gasteiger partial charge on any atom is -0.356 e. The van der Waals surface area contributed by atoms with Gasteiger partial charge in [-0.05, 0) is 20.3 Å². The Kier molecular flexibility index (Phi) is 4.87. The largest absolute Gasteiger partial charge is 0.356 e. The Morgan fingerprint density at radius 3 is 2.71 bits per heavy atom. The zero-order valence-electron chi connectivity index (χ0n) is 10.6. The van der Waals surface area contributed by atoms with E-state index in [2.05, 4.69) is 22.2 Å². The van der Waals surface area contributed by atoms with Gasteiger partial charge in [-0.3, -0.25) is 9.59 Å². The van der Waals surface area contributed by atoms with Crippen molar-refractivity contribution in [2.75, 3.05) is 6.54 Å². The Hall–Kier alpha value is -1.65. The highest BCUT2D eigenvalue weighted by atomic mass is 16.2. The third-order valence-corrected chi connectivity index (χ3v) is 2.53. The molecular formula is C12H19N3O2. The smallest absolute Gasteiger partial charge is 0.254 e. The van der Waals surface area contributed by atoms with Crippen LogP contribution in [0.4, 0.5) is 0 Å². The summed E-state index contributed by atoms with van der Waals surface area (Å²) in [6.07, 6.45) is 2.08. The van der Waals surface area contributed by atoms with Crippen molar-refractivity contribution in [3.8, 4) is 0 Å². The number of unbranched alkanes of at least 4 members (excludes halogenated alkanes) is 1. The standard InChI is InChI=1S/C12H19N3O2/c1-4-5-6-13-11(16)7-10-8(2)14-9(3)15-12(10)17/h4-7H2,1-3H3,(H,13,16)(H,14,15,17). The second kappa shape index (κ2) is 6.18. The van der Waals surface area contributed by atoms with E-state index in [0.717, 1.165) is 12.8 Å². The molecule has 5 heteroatoms. The third-order valence-electron chi connectivity index (χ3n) is 2.53. The van der Waals surface area contributed by atoms with Crippen molar-refractivity contribution in [3.05, 3.63) is 27.4 Å². The molecule has 1 amide bonds. The molecule has 0 aliphatic rings. The van der Waals surface area contributed by atoms with E-state index < -0.39 is 0 Å². The van der Waals surface area contributed by atoms with E-state index in [1.807, 2.05) is 0 Å². The summed E-state index contributed by atoms with van der Waals surface area (Å²) in [5.74, 6) is 0.445. The summed E-state index contributed by atoms with van der Waals surface area (Å²) in [6, 6.07) is 0. The van der Waals surface area contributed by atoms with Gasteiger partial charge in [-0.25, -0.2) is 4.98 Å². The third kappa shape index (κ3) is 4.01. The lowest BCUT2D eigenvalue weighted by molar-refractivity contribution is -0.120. The number of amides is 1. The van der Waals surface area contributed by atoms with Gasteiger partial charge in [0.1, 0.15) is 5.82 Å². The summed E-state index contributed by atoms with van der Waals surface area (Å²) < 4.78 is 0. The molecule has 0 atom stereocenters. The van der Waals surface area contributed by atoms with E-state index in [0.29, 0.717) is 23.6 Å². The summed E-state index contributed by atoms with van der Waals surface area (Å²) in [5.41, 5.74) is 0.849. The first kappa shape index (κ1) is 13.4. The summed E-state index contributed by atoms with van der Waals surface area (Å²) >= 11 is 0. The maximum absolute atomic E-state index is 11.7. The van der Waals surface area contributed by atoms with E-state index in [1.165, 1.54) is 0 Å². The summed E-state index contributed by atoms with van der Waals surface area (Å²) in [6.45, 7) is 6.19. The average Bonchev–Trinajstić information content (AvgIpc) is 2.24. The van der Waals surface area contributed by atoms with Crippen LogP contribution in [0.5, 0.6) is 0 Å². The predicted molar refractivity (Wildman–Crippen MR) is 66.0 cm³/mol. The van der Waals surface area contributed by atoms with Crippen LogP contribution in [0.3, 0.4) is 0 Å². The van der Waals surface area contributed by atoms with Crippen LogP contribution in [0.25, 0.3) is 0 Å². The molecule has 0 aromatic carbocycles. The van der Waals surface area contributed by atoms with Crippen LogP contribution in [0.2, 0.25) is 0 Å². The summed E-state index contributed by atoms with van der Waals surface area (Å²) in [5, 5.41) is 2.78. The molecule has 0 unspecified atom stereocenters. The number of rotatable bonds is 5. The fourth-order valence-corrected chi connectivity index (χ4v) is 1.59. The number of carbonyl (C=O) groups is 1. The molecule has 0 spiro atoms. The summed E-state index contributed by atoms with van der Waals surface area (Å²) in [4.78, 5) is 30.0. The van der Waals surface area contributed by atoms with Crippen LogP contribution in [0.1, 0.15) is 36.8 Å². The van der Waals surface area contributed by atoms with E-state index >= 15 is 0 Å². The maximum atomic E-state index is 11.7. The molecule has 1 heterocycles. The van der Waals surface area contributed by atoms with Crippen molar-refractivity contribution >= 4 is 5.91 Å². The van der Waals surface area contributed by atoms with Gasteiger partial charge in [0.15, 0.2) is 0 Å². The lowest BCUT2D eigenvalue weighted by Gasteiger charge is -2.06. The summed E-state index contributed by atoms with van der Waals surface area (Å²) in [7, 11) is 0. The Labute approximate surface area is 101 Å². The second-order valence-corrected chi connectivity index (χ2v) is 4.10. The molecule has 17 heavy (non-hydrogen) atoms. The molecule has 0 saturated carbocycles. The number of H-pyrrole nitrogens is 1. The van der Waals surface area contributed by atoms with Gasteiger partial charge in [-0.1, -0.05) is 13.3 Å². The van der Waals surface area contributed by atoms with Gasteiger partial charge in [0, 0.05) is 17.8 Å². The van der Waals surface area contributed by atoms with Crippen LogP contribution in [-0.2, 0) is 11.2 Å². The normalized spacial score (nSPS) is 10.3. The first-order valence-electron chi connectivity index (χ1n) is 5.87. The zero-order valence-corrected chi connectivity index (χ0v) is 10.6. The van der Waals surface area contributed by atoms with E-state index in [1.54, 1.807) is 13.8 Å². The predicted octanol–water partition coefficient (Wildman–Crippen LogP) is 0.846. The van der Waals surface area contributed by atoms with Gasteiger partial charge in [-0.2, -0.15) is 0 Å². The zero-order chi connectivity index (χ0) is 12.8. The molecule has 0 aliphatic heterocycles. The molecule has 1 aromatic heterocycles. The molecule has 0 radical (unpaired) electrons. The molecule has 0 fully saturated rings. The van der Waals surface area contributed by atoms with Crippen molar-refractivity contribution in [2.24, 2.45) is 0 Å². The van der Waals surface area contributed by atoms with Gasteiger partial charge in [0.25, 0.3) is 5.56 Å². The number of nitrogens with one attached hydrogen (secondary N) is 2. The lowest BCUT2D eigenvalue weighted by atomic mass is 10.1. The first-order chi connectivity index (χ1) is 8.04. The van der Waals surface area contributed by atoms with Crippen LogP contribution in [0.15, 0.2) is 4.79 Å². The van der Waals surface area contributed by atoms with Crippen LogP contribution in [0, 0.1) is 13.8 Å². The van der Waals surface area contributed by atoms with Crippen molar-refractivity contribution in [1.82, 2.24) is 15.3 Å². The fraction of sp³-hybridized carbons (Fsp3) is 0.583. The Bertz CT molecular complexity index is 452. The van der Waals surface area contributed by atoms with E-state index in [-0.39, 0.29) is 17.9 Å². The SMILES string of the molecule is CCCCNC(=O)Cc1c(C)nc(C)[nH]c1=O. The van der Waals surface area contributed by atoms with Crippen molar-refractivity contribution in [1.29, 1.82) is 0 Å². The van der Waals surface area contributed by atoms with Gasteiger partial charge < -0.3 is 10.3 Å². The highest BCUT2D eigenvalue weighted by Gasteiger charge is 2.10. The molecule has 5 nitrogen and oxygen atoms in total.